The van der Waals surface area contributed by atoms with E-state index in [0.717, 1.165) is 0 Å². The van der Waals surface area contributed by atoms with Crippen LogP contribution in [0, 0.1) is 0 Å². The number of imide groups is 1. The van der Waals surface area contributed by atoms with E-state index in [0.29, 0.717) is 0 Å². The van der Waals surface area contributed by atoms with Crippen LogP contribution in [0.25, 0.3) is 0 Å². The Morgan fingerprint density at radius 1 is 1.24 bits per heavy atom. The average Bonchev–Trinajstić information content (AvgIpc) is 2.84. The fraction of sp³-hybridized carbons (Fsp3) is 0.786. The average molecular weight is 365 g/mol. The monoisotopic (exact) mass is 365 g/mol. The Bertz CT molecular complexity index is 468. The molecule has 0 bridgehead atoms. The Labute approximate surface area is 143 Å². The van der Waals surface area contributed by atoms with Gasteiger partial charge in [-0.25, -0.2) is 4.79 Å². The lowest BCUT2D eigenvalue weighted by atomic mass is 9.96. The van der Waals surface area contributed by atoms with Crippen LogP contribution in [0.1, 0.15) is 19.8 Å². The van der Waals surface area contributed by atoms with Crippen molar-refractivity contribution < 1.29 is 49.1 Å². The lowest BCUT2D eigenvalue weighted by molar-refractivity contribution is -0.239. The first-order valence-corrected chi connectivity index (χ1v) is 7.57. The van der Waals surface area contributed by atoms with Crippen LogP contribution in [0.15, 0.2) is 0 Å². The van der Waals surface area contributed by atoms with Crippen LogP contribution in [0.3, 0.4) is 0 Å². The molecule has 2 amide bonds. The number of aliphatic carboxylic acids is 1. The van der Waals surface area contributed by atoms with Crippen molar-refractivity contribution in [3.63, 3.8) is 0 Å². The van der Waals surface area contributed by atoms with Crippen LogP contribution < -0.4 is 0 Å². The number of hydroxylamine groups is 2. The van der Waals surface area contributed by atoms with Crippen LogP contribution in [0.2, 0.25) is 0 Å². The third-order valence-electron chi connectivity index (χ3n) is 3.68. The number of aliphatic hydroxyl groups is 2. The minimum atomic E-state index is -1.20. The molecule has 5 atom stereocenters. The normalized spacial score (nSPS) is 32.4. The van der Waals surface area contributed by atoms with Gasteiger partial charge in [0, 0.05) is 20.0 Å². The highest BCUT2D eigenvalue weighted by Crippen LogP contribution is 2.23. The van der Waals surface area contributed by atoms with Crippen molar-refractivity contribution >= 4 is 17.8 Å². The molecular formula is C14H23NO10. The van der Waals surface area contributed by atoms with Crippen LogP contribution >= 0.6 is 0 Å². The van der Waals surface area contributed by atoms with E-state index < -0.39 is 54.9 Å². The van der Waals surface area contributed by atoms with Gasteiger partial charge in [-0.15, -0.1) is 0 Å². The molecule has 4 N–H and O–H groups in total. The number of carbonyl (C=O) groups excluding carboxylic acids is 2. The molecule has 5 unspecified atom stereocenters. The van der Waals surface area contributed by atoms with Crippen molar-refractivity contribution in [3.05, 3.63) is 0 Å². The highest BCUT2D eigenvalue weighted by atomic mass is 16.6. The number of hydrogen-bond donors (Lipinski definition) is 4. The number of hydrogen-bond acceptors (Lipinski definition) is 9. The first-order chi connectivity index (χ1) is 11.7. The standard InChI is InChI=1S/C10H18O7.C4H5NO3/c1-5-8(13)9(14)10(16-4-7(11)12)6(17-5)3-15-2;6-3-1-2-4(7)5(3)8/h5-6,8-10,13-14H,3-4H2,1-2H3,(H,11,12);8H,1-2H2. The van der Waals surface area contributed by atoms with E-state index in [1.165, 1.54) is 7.11 Å². The van der Waals surface area contributed by atoms with Gasteiger partial charge >= 0.3 is 5.97 Å². The van der Waals surface area contributed by atoms with E-state index in [1.54, 1.807) is 6.92 Å². The van der Waals surface area contributed by atoms with Gasteiger partial charge in [-0.1, -0.05) is 0 Å². The number of nitrogens with zero attached hydrogens (tertiary/aromatic N) is 1. The quantitative estimate of drug-likeness (QED) is 0.321. The Morgan fingerprint density at radius 2 is 1.80 bits per heavy atom. The Kier molecular flexibility index (Phi) is 8.35. The number of rotatable bonds is 5. The van der Waals surface area contributed by atoms with Crippen LogP contribution in [-0.4, -0.2) is 94.2 Å². The summed E-state index contributed by atoms with van der Waals surface area (Å²) in [5.74, 6) is -2.16. The third kappa shape index (κ3) is 5.99. The van der Waals surface area contributed by atoms with Gasteiger partial charge in [0.25, 0.3) is 11.8 Å². The summed E-state index contributed by atoms with van der Waals surface area (Å²) in [5.41, 5.74) is 0. The summed E-state index contributed by atoms with van der Waals surface area (Å²) in [6, 6.07) is 0. The zero-order valence-corrected chi connectivity index (χ0v) is 13.9. The fourth-order valence-electron chi connectivity index (χ4n) is 2.36. The van der Waals surface area contributed by atoms with Gasteiger partial charge in [-0.3, -0.25) is 14.8 Å². The molecule has 11 heteroatoms. The van der Waals surface area contributed by atoms with Gasteiger partial charge in [0.2, 0.25) is 0 Å². The molecule has 2 aliphatic rings. The number of methoxy groups -OCH3 is 1. The van der Waals surface area contributed by atoms with Gasteiger partial charge in [-0.2, -0.15) is 5.06 Å². The van der Waals surface area contributed by atoms with E-state index in [-0.39, 0.29) is 24.5 Å². The third-order valence-corrected chi connectivity index (χ3v) is 3.68. The molecule has 25 heavy (non-hydrogen) atoms. The molecule has 0 aromatic rings. The van der Waals surface area contributed by atoms with Gasteiger partial charge in [-0.05, 0) is 6.92 Å². The zero-order chi connectivity index (χ0) is 19.1. The molecule has 144 valence electrons. The zero-order valence-electron chi connectivity index (χ0n) is 13.9. The number of amides is 2. The molecular weight excluding hydrogens is 342 g/mol. The molecule has 0 spiro atoms. The largest absolute Gasteiger partial charge is 0.480 e. The van der Waals surface area contributed by atoms with E-state index in [9.17, 15) is 24.6 Å². The second-order valence-electron chi connectivity index (χ2n) is 5.58. The second-order valence-corrected chi connectivity index (χ2v) is 5.58. The van der Waals surface area contributed by atoms with Gasteiger partial charge < -0.3 is 29.5 Å². The van der Waals surface area contributed by atoms with E-state index in [2.05, 4.69) is 0 Å². The summed E-state index contributed by atoms with van der Waals surface area (Å²) < 4.78 is 15.3. The maximum absolute atomic E-state index is 10.4. The molecule has 0 aromatic carbocycles. The maximum Gasteiger partial charge on any atom is 0.329 e. The van der Waals surface area contributed by atoms with Gasteiger partial charge in [0.15, 0.2) is 0 Å². The number of carbonyl (C=O) groups is 3. The van der Waals surface area contributed by atoms with Crippen molar-refractivity contribution in [2.75, 3.05) is 20.3 Å². The van der Waals surface area contributed by atoms with Gasteiger partial charge in [0.1, 0.15) is 31.0 Å². The van der Waals surface area contributed by atoms with Crippen molar-refractivity contribution in [3.8, 4) is 0 Å². The van der Waals surface area contributed by atoms with Crippen molar-refractivity contribution in [1.82, 2.24) is 5.06 Å². The molecule has 0 saturated carbocycles. The summed E-state index contributed by atoms with van der Waals surface area (Å²) in [6.45, 7) is 1.20. The fourth-order valence-corrected chi connectivity index (χ4v) is 2.36. The van der Waals surface area contributed by atoms with Crippen LogP contribution in [0.5, 0.6) is 0 Å². The summed E-state index contributed by atoms with van der Waals surface area (Å²) in [6.07, 6.45) is -4.09. The van der Waals surface area contributed by atoms with Gasteiger partial charge in [0.05, 0.1) is 12.7 Å². The Balaban J connectivity index is 0.000000324. The SMILES string of the molecule is COCC1OC(C)C(O)C(O)C1OCC(=O)O.O=C1CCC(=O)N1O. The first-order valence-electron chi connectivity index (χ1n) is 7.57. The second kappa shape index (κ2) is 9.75. The molecule has 2 aliphatic heterocycles. The van der Waals surface area contributed by atoms with E-state index >= 15 is 0 Å². The lowest BCUT2D eigenvalue weighted by Gasteiger charge is -2.41. The smallest absolute Gasteiger partial charge is 0.329 e. The predicted octanol–water partition coefficient (Wildman–Crippen LogP) is -1.86. The van der Waals surface area contributed by atoms with Crippen LogP contribution in [0.4, 0.5) is 0 Å². The highest BCUT2D eigenvalue weighted by molar-refractivity contribution is 6.00. The van der Waals surface area contributed by atoms with E-state index in [4.69, 9.17) is 24.5 Å². The Morgan fingerprint density at radius 3 is 2.20 bits per heavy atom. The summed E-state index contributed by atoms with van der Waals surface area (Å²) in [7, 11) is 1.46. The molecule has 0 radical (unpaired) electrons. The molecule has 2 saturated heterocycles. The number of carboxylic acid groups (broad SMARTS) is 1. The number of carboxylic acids is 1. The number of aliphatic hydroxyl groups excluding tert-OH is 2. The first kappa shape index (κ1) is 21.4. The van der Waals surface area contributed by atoms with Crippen molar-refractivity contribution in [2.45, 2.75) is 50.3 Å². The van der Waals surface area contributed by atoms with E-state index in [1.807, 2.05) is 0 Å². The minimum absolute atomic E-state index is 0.148. The molecule has 0 aliphatic carbocycles. The molecule has 11 nitrogen and oxygen atoms in total. The summed E-state index contributed by atoms with van der Waals surface area (Å²) in [5, 5.41) is 36.5. The molecule has 2 rings (SSSR count). The highest BCUT2D eigenvalue weighted by Gasteiger charge is 2.43. The van der Waals surface area contributed by atoms with Crippen molar-refractivity contribution in [2.24, 2.45) is 0 Å². The maximum atomic E-state index is 10.4. The molecule has 0 aromatic heterocycles. The predicted molar refractivity (Wildman–Crippen MR) is 78.5 cm³/mol. The summed E-state index contributed by atoms with van der Waals surface area (Å²) >= 11 is 0. The molecule has 2 fully saturated rings. The number of ether oxygens (including phenoxy) is 3. The van der Waals surface area contributed by atoms with Crippen LogP contribution in [-0.2, 0) is 28.6 Å². The van der Waals surface area contributed by atoms with Crippen molar-refractivity contribution in [1.29, 1.82) is 0 Å². The minimum Gasteiger partial charge on any atom is -0.480 e. The summed E-state index contributed by atoms with van der Waals surface area (Å²) in [4.78, 5) is 30.9. The topological polar surface area (TPSA) is 163 Å². The molecule has 2 heterocycles. The Hall–Kier alpha value is -1.63. The lowest BCUT2D eigenvalue weighted by Crippen LogP contribution is -2.59.